The molecule has 1 saturated heterocycles. The van der Waals surface area contributed by atoms with E-state index in [1.54, 1.807) is 6.07 Å². The summed E-state index contributed by atoms with van der Waals surface area (Å²) in [5.41, 5.74) is -0.208. The Morgan fingerprint density at radius 1 is 1.42 bits per heavy atom. The molecule has 1 aromatic carbocycles. The number of alkyl halides is 4. The summed E-state index contributed by atoms with van der Waals surface area (Å²) in [7, 11) is 0. The summed E-state index contributed by atoms with van der Waals surface area (Å²) in [6.07, 6.45) is -3.03. The van der Waals surface area contributed by atoms with Crippen LogP contribution >= 0.6 is 11.6 Å². The van der Waals surface area contributed by atoms with Crippen molar-refractivity contribution in [3.05, 3.63) is 35.4 Å². The Bertz CT molecular complexity index is 447. The first-order valence-electron chi connectivity index (χ1n) is 6.21. The largest absolute Gasteiger partial charge is 0.416 e. The monoisotopic (exact) mass is 292 g/mol. The predicted octanol–water partition coefficient (Wildman–Crippen LogP) is 4.28. The molecule has 0 N–H and O–H groups in total. The highest BCUT2D eigenvalue weighted by atomic mass is 35.5. The van der Waals surface area contributed by atoms with Crippen LogP contribution in [0, 0.1) is 5.41 Å². The van der Waals surface area contributed by atoms with E-state index in [4.69, 9.17) is 16.3 Å². The van der Waals surface area contributed by atoms with Gasteiger partial charge in [-0.1, -0.05) is 18.2 Å². The second-order valence-electron chi connectivity index (χ2n) is 5.13. The minimum atomic E-state index is -4.30. The number of halogens is 4. The second-order valence-corrected chi connectivity index (χ2v) is 5.40. The van der Waals surface area contributed by atoms with Crippen LogP contribution in [0.25, 0.3) is 0 Å². The molecule has 1 aliphatic rings. The number of ether oxygens (including phenoxy) is 1. The van der Waals surface area contributed by atoms with E-state index in [9.17, 15) is 13.2 Å². The molecule has 0 saturated carbocycles. The molecule has 1 aromatic rings. The summed E-state index contributed by atoms with van der Waals surface area (Å²) < 4.78 is 43.6. The van der Waals surface area contributed by atoms with Crippen molar-refractivity contribution >= 4 is 11.6 Å². The lowest BCUT2D eigenvalue weighted by Crippen LogP contribution is -2.33. The van der Waals surface area contributed by atoms with Gasteiger partial charge in [-0.15, -0.1) is 11.6 Å². The fraction of sp³-hybridized carbons (Fsp3) is 0.571. The number of rotatable bonds is 3. The zero-order chi connectivity index (χ0) is 14.1. The van der Waals surface area contributed by atoms with Gasteiger partial charge < -0.3 is 4.74 Å². The van der Waals surface area contributed by atoms with Crippen LogP contribution in [0.5, 0.6) is 0 Å². The summed E-state index contributed by atoms with van der Waals surface area (Å²) in [4.78, 5) is 0. The lowest BCUT2D eigenvalue weighted by atomic mass is 9.78. The van der Waals surface area contributed by atoms with E-state index in [0.29, 0.717) is 24.5 Å². The topological polar surface area (TPSA) is 9.23 Å². The van der Waals surface area contributed by atoms with E-state index in [1.165, 1.54) is 12.1 Å². The fourth-order valence-electron chi connectivity index (χ4n) is 2.54. The Kier molecular flexibility index (Phi) is 4.11. The normalized spacial score (nSPS) is 27.7. The molecule has 0 radical (unpaired) electrons. The number of hydrogen-bond donors (Lipinski definition) is 0. The minimum Gasteiger partial charge on any atom is -0.378 e. The molecule has 0 bridgehead atoms. The zero-order valence-electron chi connectivity index (χ0n) is 10.6. The minimum absolute atomic E-state index is 0.0282. The van der Waals surface area contributed by atoms with Gasteiger partial charge in [0.1, 0.15) is 0 Å². The predicted molar refractivity (Wildman–Crippen MR) is 68.3 cm³/mol. The quantitative estimate of drug-likeness (QED) is 0.756. The molecule has 1 fully saturated rings. The molecular weight excluding hydrogens is 277 g/mol. The molecule has 1 heterocycles. The van der Waals surface area contributed by atoms with Crippen molar-refractivity contribution in [2.75, 3.05) is 12.5 Å². The van der Waals surface area contributed by atoms with Crippen molar-refractivity contribution in [3.63, 3.8) is 0 Å². The van der Waals surface area contributed by atoms with Gasteiger partial charge in [0.15, 0.2) is 0 Å². The lowest BCUT2D eigenvalue weighted by molar-refractivity contribution is -0.137. The van der Waals surface area contributed by atoms with Gasteiger partial charge in [-0.3, -0.25) is 0 Å². The van der Waals surface area contributed by atoms with Crippen LogP contribution in [0.4, 0.5) is 13.2 Å². The highest BCUT2D eigenvalue weighted by molar-refractivity contribution is 6.18. The first kappa shape index (κ1) is 14.7. The molecule has 2 unspecified atom stereocenters. The van der Waals surface area contributed by atoms with Crippen molar-refractivity contribution in [1.82, 2.24) is 0 Å². The molecule has 0 aromatic heterocycles. The molecule has 1 nitrogen and oxygen atoms in total. The average molecular weight is 293 g/mol. The first-order chi connectivity index (χ1) is 8.87. The highest BCUT2D eigenvalue weighted by Gasteiger charge is 2.41. The molecular formula is C14H16ClF3O. The lowest BCUT2D eigenvalue weighted by Gasteiger charge is -2.30. The second kappa shape index (κ2) is 5.33. The molecule has 19 heavy (non-hydrogen) atoms. The number of benzene rings is 1. The van der Waals surface area contributed by atoms with Crippen LogP contribution in [-0.2, 0) is 17.3 Å². The van der Waals surface area contributed by atoms with Crippen molar-refractivity contribution < 1.29 is 17.9 Å². The van der Waals surface area contributed by atoms with E-state index in [-0.39, 0.29) is 11.5 Å². The summed E-state index contributed by atoms with van der Waals surface area (Å²) in [6, 6.07) is 5.46. The van der Waals surface area contributed by atoms with E-state index < -0.39 is 11.7 Å². The SMILES string of the molecule is CC1OCCC1(CCl)Cc1cccc(C(F)(F)F)c1. The summed E-state index contributed by atoms with van der Waals surface area (Å²) in [6.45, 7) is 2.55. The van der Waals surface area contributed by atoms with Crippen molar-refractivity contribution in [2.24, 2.45) is 5.41 Å². The molecule has 2 atom stereocenters. The summed E-state index contributed by atoms with van der Waals surface area (Å²) in [5.74, 6) is 0.393. The Labute approximate surface area is 115 Å². The molecule has 2 rings (SSSR count). The zero-order valence-corrected chi connectivity index (χ0v) is 11.4. The van der Waals surface area contributed by atoms with E-state index >= 15 is 0 Å². The number of hydrogen-bond acceptors (Lipinski definition) is 1. The van der Waals surface area contributed by atoms with E-state index in [1.807, 2.05) is 6.92 Å². The van der Waals surface area contributed by atoms with Gasteiger partial charge >= 0.3 is 6.18 Å². The molecule has 0 aliphatic carbocycles. The van der Waals surface area contributed by atoms with E-state index in [2.05, 4.69) is 0 Å². The van der Waals surface area contributed by atoms with Crippen LogP contribution in [0.2, 0.25) is 0 Å². The third-order valence-corrected chi connectivity index (χ3v) is 4.44. The third-order valence-electron chi connectivity index (χ3n) is 3.91. The molecule has 106 valence electrons. The molecule has 0 spiro atoms. The maximum atomic E-state index is 12.7. The van der Waals surface area contributed by atoms with Gasteiger partial charge in [0.2, 0.25) is 0 Å². The van der Waals surface area contributed by atoms with Crippen LogP contribution < -0.4 is 0 Å². The first-order valence-corrected chi connectivity index (χ1v) is 6.74. The van der Waals surface area contributed by atoms with Crippen molar-refractivity contribution in [1.29, 1.82) is 0 Å². The standard InChI is InChI=1S/C14H16ClF3O/c1-10-13(9-15,5-6-19-10)8-11-3-2-4-12(7-11)14(16,17)18/h2-4,7,10H,5-6,8-9H2,1H3. The molecule has 5 heteroatoms. The van der Waals surface area contributed by atoms with Gasteiger partial charge in [0, 0.05) is 17.9 Å². The molecule has 0 amide bonds. The van der Waals surface area contributed by atoms with Gasteiger partial charge in [-0.05, 0) is 31.4 Å². The van der Waals surface area contributed by atoms with Gasteiger partial charge in [0.05, 0.1) is 11.7 Å². The third kappa shape index (κ3) is 3.06. The maximum Gasteiger partial charge on any atom is 0.416 e. The Balaban J connectivity index is 2.23. The van der Waals surface area contributed by atoms with Crippen LogP contribution in [0.15, 0.2) is 24.3 Å². The van der Waals surface area contributed by atoms with Crippen LogP contribution in [-0.4, -0.2) is 18.6 Å². The average Bonchev–Trinajstić information content (AvgIpc) is 2.71. The molecule has 1 aliphatic heterocycles. The van der Waals surface area contributed by atoms with Gasteiger partial charge in [0.25, 0.3) is 0 Å². The summed E-state index contributed by atoms with van der Waals surface area (Å²) in [5, 5.41) is 0. The maximum absolute atomic E-state index is 12.7. The van der Waals surface area contributed by atoms with E-state index in [0.717, 1.165) is 12.5 Å². The van der Waals surface area contributed by atoms with Gasteiger partial charge in [-0.2, -0.15) is 13.2 Å². The fourth-order valence-corrected chi connectivity index (χ4v) is 2.98. The van der Waals surface area contributed by atoms with Crippen LogP contribution in [0.3, 0.4) is 0 Å². The van der Waals surface area contributed by atoms with Crippen molar-refractivity contribution in [2.45, 2.75) is 32.0 Å². The Morgan fingerprint density at radius 3 is 2.68 bits per heavy atom. The van der Waals surface area contributed by atoms with Gasteiger partial charge in [-0.25, -0.2) is 0 Å². The summed E-state index contributed by atoms with van der Waals surface area (Å²) >= 11 is 6.04. The smallest absolute Gasteiger partial charge is 0.378 e. The van der Waals surface area contributed by atoms with Crippen LogP contribution in [0.1, 0.15) is 24.5 Å². The Hall–Kier alpha value is -0.740. The Morgan fingerprint density at radius 2 is 2.16 bits per heavy atom. The van der Waals surface area contributed by atoms with Crippen molar-refractivity contribution in [3.8, 4) is 0 Å². The highest BCUT2D eigenvalue weighted by Crippen LogP contribution is 2.40.